The van der Waals surface area contributed by atoms with Crippen LogP contribution in [0.15, 0.2) is 48.6 Å². The molecule has 210 valence electrons. The third-order valence-corrected chi connectivity index (χ3v) is 9.04. The Morgan fingerprint density at radius 3 is 2.44 bits per heavy atom. The number of unbranched alkanes of at least 4 members (excludes halogenated alkanes) is 2. The molecule has 1 aromatic rings. The number of carbonyl (C=O) groups excluding carboxylic acids is 3. The number of ether oxygens (including phenoxy) is 1. The molecule has 0 radical (unpaired) electrons. The van der Waals surface area contributed by atoms with Gasteiger partial charge in [0.15, 0.2) is 0 Å². The fraction of sp³-hybridized carbons (Fsp3) is 0.567. The number of carbonyl (C=O) groups is 3. The second-order valence-electron chi connectivity index (χ2n) is 10.9. The molecule has 0 aromatic heterocycles. The molecule has 1 spiro atoms. The summed E-state index contributed by atoms with van der Waals surface area (Å²) in [6.45, 7) is 5.77. The Bertz CT molecular complexity index is 1190. The van der Waals surface area contributed by atoms with Gasteiger partial charge in [-0.25, -0.2) is 0 Å². The molecule has 39 heavy (non-hydrogen) atoms. The maximum atomic E-state index is 14.5. The Morgan fingerprint density at radius 1 is 0.949 bits per heavy atom. The number of rotatable bonds is 9. The molecule has 3 amide bonds. The third kappa shape index (κ3) is 4.41. The van der Waals surface area contributed by atoms with Crippen LogP contribution in [0.2, 0.25) is 5.02 Å². The van der Waals surface area contributed by atoms with Crippen LogP contribution in [-0.4, -0.2) is 82.7 Å². The lowest BCUT2D eigenvalue weighted by Gasteiger charge is -2.38. The van der Waals surface area contributed by atoms with Gasteiger partial charge in [0.1, 0.15) is 11.6 Å². The van der Waals surface area contributed by atoms with Gasteiger partial charge in [0.25, 0.3) is 5.91 Å². The van der Waals surface area contributed by atoms with Gasteiger partial charge in [-0.05, 0) is 44.2 Å². The van der Waals surface area contributed by atoms with E-state index in [2.05, 4.69) is 0 Å². The fourth-order valence-electron chi connectivity index (χ4n) is 6.98. The van der Waals surface area contributed by atoms with Gasteiger partial charge in [-0.3, -0.25) is 14.4 Å². The van der Waals surface area contributed by atoms with E-state index in [1.54, 1.807) is 21.9 Å². The highest BCUT2D eigenvalue weighted by Gasteiger charge is 2.75. The Hall–Kier alpha value is -2.68. The van der Waals surface area contributed by atoms with Crippen molar-refractivity contribution in [2.45, 2.75) is 63.2 Å². The Kier molecular flexibility index (Phi) is 7.91. The maximum absolute atomic E-state index is 14.5. The van der Waals surface area contributed by atoms with Crippen molar-refractivity contribution in [3.8, 4) is 0 Å². The zero-order valence-corrected chi connectivity index (χ0v) is 23.5. The second kappa shape index (κ2) is 11.1. The highest BCUT2D eigenvalue weighted by molar-refractivity contribution is 6.34. The van der Waals surface area contributed by atoms with Crippen molar-refractivity contribution in [2.75, 3.05) is 37.7 Å². The first-order valence-electron chi connectivity index (χ1n) is 14.2. The number of nitrogens with zero attached hydrogens (tertiary/aromatic N) is 3. The number of aliphatic hydroxyl groups excluding tert-OH is 1. The number of aliphatic hydroxyl groups is 1. The monoisotopic (exact) mass is 555 g/mol. The summed E-state index contributed by atoms with van der Waals surface area (Å²) in [7, 11) is 0. The quantitative estimate of drug-likeness (QED) is 0.371. The summed E-state index contributed by atoms with van der Waals surface area (Å²) in [6, 6.07) is 6.25. The van der Waals surface area contributed by atoms with Gasteiger partial charge in [-0.2, -0.15) is 0 Å². The van der Waals surface area contributed by atoms with E-state index < -0.39 is 29.1 Å². The molecule has 0 saturated carbocycles. The average Bonchev–Trinajstić information content (AvgIpc) is 3.22. The SMILES string of the molecule is CCCN1CC=C[C@]2(CC)O[C@]34C=CCN(c5ccccc5Cl)C(=O)C3N(CCCCCO)C(=O)[C@@H]4[C@@H]2C1=O. The lowest BCUT2D eigenvalue weighted by molar-refractivity contribution is -0.150. The van der Waals surface area contributed by atoms with Crippen LogP contribution in [0.1, 0.15) is 46.0 Å². The molecule has 0 bridgehead atoms. The number of para-hydroxylation sites is 1. The molecule has 4 heterocycles. The molecule has 4 aliphatic heterocycles. The van der Waals surface area contributed by atoms with E-state index in [9.17, 15) is 19.5 Å². The topological polar surface area (TPSA) is 90.4 Å². The molecule has 1 N–H and O–H groups in total. The van der Waals surface area contributed by atoms with Crippen LogP contribution in [0.3, 0.4) is 0 Å². The molecular formula is C30H38ClN3O5. The van der Waals surface area contributed by atoms with Crippen molar-refractivity contribution < 1.29 is 24.2 Å². The predicted octanol–water partition coefficient (Wildman–Crippen LogP) is 3.57. The largest absolute Gasteiger partial charge is 0.396 e. The van der Waals surface area contributed by atoms with Crippen LogP contribution in [0, 0.1) is 11.8 Å². The lowest BCUT2D eigenvalue weighted by atomic mass is 9.73. The van der Waals surface area contributed by atoms with Crippen LogP contribution >= 0.6 is 11.6 Å². The van der Waals surface area contributed by atoms with Crippen molar-refractivity contribution in [1.82, 2.24) is 9.80 Å². The Morgan fingerprint density at radius 2 is 1.72 bits per heavy atom. The van der Waals surface area contributed by atoms with Gasteiger partial charge in [-0.15, -0.1) is 0 Å². The smallest absolute Gasteiger partial charge is 0.253 e. The van der Waals surface area contributed by atoms with Crippen LogP contribution < -0.4 is 4.90 Å². The average molecular weight is 556 g/mol. The van der Waals surface area contributed by atoms with Crippen molar-refractivity contribution in [3.05, 3.63) is 53.6 Å². The molecule has 1 unspecified atom stereocenters. The van der Waals surface area contributed by atoms with Crippen molar-refractivity contribution in [1.29, 1.82) is 0 Å². The van der Waals surface area contributed by atoms with Gasteiger partial charge in [0, 0.05) is 32.8 Å². The molecule has 1 aromatic carbocycles. The zero-order chi connectivity index (χ0) is 27.8. The minimum atomic E-state index is -1.28. The molecule has 0 aliphatic carbocycles. The van der Waals surface area contributed by atoms with Gasteiger partial charge in [-0.1, -0.05) is 61.9 Å². The van der Waals surface area contributed by atoms with E-state index in [1.165, 1.54) is 0 Å². The summed E-state index contributed by atoms with van der Waals surface area (Å²) < 4.78 is 6.98. The van der Waals surface area contributed by atoms with Crippen molar-refractivity contribution in [3.63, 3.8) is 0 Å². The molecule has 9 heteroatoms. The number of likely N-dealkylation sites (tertiary alicyclic amines) is 1. The van der Waals surface area contributed by atoms with Crippen molar-refractivity contribution in [2.24, 2.45) is 11.8 Å². The molecule has 4 aliphatic rings. The number of benzene rings is 1. The molecule has 8 nitrogen and oxygen atoms in total. The zero-order valence-electron chi connectivity index (χ0n) is 22.7. The normalized spacial score (nSPS) is 31.8. The molecule has 2 fully saturated rings. The maximum Gasteiger partial charge on any atom is 0.253 e. The van der Waals surface area contributed by atoms with E-state index in [0.717, 1.165) is 12.8 Å². The van der Waals surface area contributed by atoms with Gasteiger partial charge in [0.2, 0.25) is 11.8 Å². The Balaban J connectivity index is 1.62. The first-order chi connectivity index (χ1) is 18.8. The standard InChI is InChI=1S/C30H38ClN3O5/c1-3-16-32-17-10-14-29(4-2)23(26(32)36)24-27(37)34(18-8-5-9-20-35)25-28(38)33(19-11-15-30(24,25)39-29)22-13-7-6-12-21(22)31/h6-7,10-15,23-25,35H,3-5,8-9,16-20H2,1-2H3/t23-,24+,25?,29+,30+/m1/s1. The predicted molar refractivity (Wildman–Crippen MR) is 149 cm³/mol. The number of halogens is 1. The molecular weight excluding hydrogens is 518 g/mol. The first kappa shape index (κ1) is 27.9. The van der Waals surface area contributed by atoms with E-state index in [1.807, 2.05) is 55.2 Å². The van der Waals surface area contributed by atoms with Gasteiger partial charge < -0.3 is 24.5 Å². The van der Waals surface area contributed by atoms with Crippen LogP contribution in [-0.2, 0) is 19.1 Å². The number of hydrogen-bond acceptors (Lipinski definition) is 5. The summed E-state index contributed by atoms with van der Waals surface area (Å²) in [5.74, 6) is -2.12. The second-order valence-corrected chi connectivity index (χ2v) is 11.3. The van der Waals surface area contributed by atoms with Crippen LogP contribution in [0.25, 0.3) is 0 Å². The number of hydrogen-bond donors (Lipinski definition) is 1. The summed E-state index contributed by atoms with van der Waals surface area (Å²) in [5, 5.41) is 9.72. The van der Waals surface area contributed by atoms with Crippen molar-refractivity contribution >= 4 is 35.0 Å². The van der Waals surface area contributed by atoms with Gasteiger partial charge in [0.05, 0.1) is 28.1 Å². The number of amides is 3. The highest BCUT2D eigenvalue weighted by Crippen LogP contribution is 2.58. The summed E-state index contributed by atoms with van der Waals surface area (Å²) in [6.07, 6.45) is 11.0. The molecule has 5 atom stereocenters. The van der Waals surface area contributed by atoms with E-state index in [4.69, 9.17) is 16.3 Å². The van der Waals surface area contributed by atoms with E-state index in [0.29, 0.717) is 49.6 Å². The van der Waals surface area contributed by atoms with Crippen LogP contribution in [0.4, 0.5) is 5.69 Å². The van der Waals surface area contributed by atoms with Gasteiger partial charge >= 0.3 is 0 Å². The highest BCUT2D eigenvalue weighted by atomic mass is 35.5. The minimum absolute atomic E-state index is 0.0736. The summed E-state index contributed by atoms with van der Waals surface area (Å²) in [5.41, 5.74) is -1.69. The Labute approximate surface area is 235 Å². The number of fused-ring (bicyclic) bond motifs is 2. The molecule has 2 saturated heterocycles. The molecule has 5 rings (SSSR count). The number of anilines is 1. The lowest BCUT2D eigenvalue weighted by Crippen LogP contribution is -2.56. The minimum Gasteiger partial charge on any atom is -0.396 e. The van der Waals surface area contributed by atoms with Crippen LogP contribution in [0.5, 0.6) is 0 Å². The summed E-state index contributed by atoms with van der Waals surface area (Å²) >= 11 is 6.53. The van der Waals surface area contributed by atoms with E-state index in [-0.39, 0.29) is 30.9 Å². The van der Waals surface area contributed by atoms with E-state index >= 15 is 0 Å². The first-order valence-corrected chi connectivity index (χ1v) is 14.5. The third-order valence-electron chi connectivity index (χ3n) is 8.72. The fourth-order valence-corrected chi connectivity index (χ4v) is 7.22. The summed E-state index contributed by atoms with van der Waals surface area (Å²) in [4.78, 5) is 48.0.